The Morgan fingerprint density at radius 1 is 1.40 bits per heavy atom. The Morgan fingerprint density at radius 2 is 2.27 bits per heavy atom. The van der Waals surface area contributed by atoms with Gasteiger partial charge >= 0.3 is 0 Å². The van der Waals surface area contributed by atoms with Gasteiger partial charge in [-0.25, -0.2) is 9.97 Å². The molecule has 2 heterocycles. The number of nitrogens with one attached hydrogen (secondary N) is 2. The molecule has 1 amide bonds. The minimum absolute atomic E-state index is 0.239. The van der Waals surface area contributed by atoms with Crippen molar-refractivity contribution in [1.29, 1.82) is 0 Å². The summed E-state index contributed by atoms with van der Waals surface area (Å²) in [6, 6.07) is 3.43. The van der Waals surface area contributed by atoms with Crippen molar-refractivity contribution >= 4 is 27.7 Å². The minimum Gasteiger partial charge on any atom is -0.357 e. The van der Waals surface area contributed by atoms with Gasteiger partial charge in [-0.05, 0) is 28.1 Å². The van der Waals surface area contributed by atoms with E-state index in [0.717, 1.165) is 0 Å². The average Bonchev–Trinajstić information content (AvgIpc) is 2.74. The topological polar surface area (TPSA) is 70.7 Å². The Hall–Kier alpha value is -1.69. The summed E-state index contributed by atoms with van der Waals surface area (Å²) in [5, 5.41) is 2.61. The number of carbonyl (C=O) groups excluding carboxylic acids is 1. The minimum atomic E-state index is -0.239. The van der Waals surface area contributed by atoms with Crippen LogP contribution in [0.1, 0.15) is 10.5 Å². The van der Waals surface area contributed by atoms with Gasteiger partial charge in [0.25, 0.3) is 5.91 Å². The molecule has 0 spiro atoms. The van der Waals surface area contributed by atoms with E-state index in [4.69, 9.17) is 0 Å². The van der Waals surface area contributed by atoms with E-state index < -0.39 is 0 Å². The summed E-state index contributed by atoms with van der Waals surface area (Å²) < 4.78 is 0.625. The van der Waals surface area contributed by atoms with Gasteiger partial charge in [0.1, 0.15) is 10.3 Å². The van der Waals surface area contributed by atoms with Crippen LogP contribution < -0.4 is 5.32 Å². The molecule has 6 heteroatoms. The number of hydrogen-bond donors (Lipinski definition) is 2. The van der Waals surface area contributed by atoms with Crippen molar-refractivity contribution in [2.45, 2.75) is 0 Å². The van der Waals surface area contributed by atoms with Gasteiger partial charge in [0.15, 0.2) is 5.82 Å². The van der Waals surface area contributed by atoms with Gasteiger partial charge < -0.3 is 10.3 Å². The molecule has 0 aliphatic heterocycles. The molecule has 0 atom stereocenters. The SMILES string of the molecule is O=C(Nc1cnc(Br)cn1)c1ccc[nH]1. The monoisotopic (exact) mass is 266 g/mol. The molecule has 2 aromatic rings. The zero-order valence-corrected chi connectivity index (χ0v) is 9.15. The van der Waals surface area contributed by atoms with Crippen LogP contribution in [0.4, 0.5) is 5.82 Å². The van der Waals surface area contributed by atoms with Crippen molar-refractivity contribution in [2.24, 2.45) is 0 Å². The molecule has 0 aromatic carbocycles. The van der Waals surface area contributed by atoms with E-state index in [9.17, 15) is 4.79 Å². The van der Waals surface area contributed by atoms with Gasteiger partial charge in [-0.1, -0.05) is 0 Å². The Bertz CT molecular complexity index is 451. The van der Waals surface area contributed by atoms with Crippen LogP contribution in [0, 0.1) is 0 Å². The number of amides is 1. The number of anilines is 1. The maximum absolute atomic E-state index is 11.5. The first-order chi connectivity index (χ1) is 7.25. The molecule has 2 aromatic heterocycles. The summed E-state index contributed by atoms with van der Waals surface area (Å²) in [7, 11) is 0. The van der Waals surface area contributed by atoms with E-state index in [0.29, 0.717) is 16.1 Å². The number of hydrogen-bond acceptors (Lipinski definition) is 3. The van der Waals surface area contributed by atoms with Crippen molar-refractivity contribution in [3.8, 4) is 0 Å². The van der Waals surface area contributed by atoms with Crippen LogP contribution in [0.5, 0.6) is 0 Å². The second-order valence-corrected chi connectivity index (χ2v) is 3.57. The molecule has 0 fully saturated rings. The summed E-state index contributed by atoms with van der Waals surface area (Å²) in [5.41, 5.74) is 0.486. The second-order valence-electron chi connectivity index (χ2n) is 2.76. The number of H-pyrrole nitrogens is 1. The molecule has 2 rings (SSSR count). The predicted octanol–water partition coefficient (Wildman–Crippen LogP) is 1.82. The fourth-order valence-electron chi connectivity index (χ4n) is 1.03. The van der Waals surface area contributed by atoms with Gasteiger partial charge in [-0.2, -0.15) is 0 Å². The standard InChI is InChI=1S/C9H7BrN4O/c10-7-4-13-8(5-12-7)14-9(15)6-2-1-3-11-6/h1-5,11H,(H,13,14,15). The molecule has 0 saturated heterocycles. The summed E-state index contributed by atoms with van der Waals surface area (Å²) in [6.45, 7) is 0. The van der Waals surface area contributed by atoms with Crippen LogP contribution in [-0.2, 0) is 0 Å². The molecule has 0 aliphatic carbocycles. The van der Waals surface area contributed by atoms with Crippen molar-refractivity contribution in [3.05, 3.63) is 41.0 Å². The maximum Gasteiger partial charge on any atom is 0.273 e. The number of halogens is 1. The lowest BCUT2D eigenvalue weighted by Gasteiger charge is -2.01. The van der Waals surface area contributed by atoms with Crippen LogP contribution in [-0.4, -0.2) is 20.9 Å². The highest BCUT2D eigenvalue weighted by atomic mass is 79.9. The Balaban J connectivity index is 2.09. The van der Waals surface area contributed by atoms with Gasteiger partial charge in [-0.15, -0.1) is 0 Å². The fourth-order valence-corrected chi connectivity index (χ4v) is 1.24. The van der Waals surface area contributed by atoms with E-state index >= 15 is 0 Å². The molecule has 0 radical (unpaired) electrons. The largest absolute Gasteiger partial charge is 0.357 e. The van der Waals surface area contributed by atoms with Crippen molar-refractivity contribution in [3.63, 3.8) is 0 Å². The molecular formula is C9H7BrN4O. The molecule has 0 unspecified atom stereocenters. The molecule has 15 heavy (non-hydrogen) atoms. The highest BCUT2D eigenvalue weighted by molar-refractivity contribution is 9.10. The molecule has 0 aliphatic rings. The predicted molar refractivity (Wildman–Crippen MR) is 58.5 cm³/mol. The third-order valence-corrected chi connectivity index (χ3v) is 2.11. The van der Waals surface area contributed by atoms with Crippen molar-refractivity contribution < 1.29 is 4.79 Å². The quantitative estimate of drug-likeness (QED) is 0.871. The third kappa shape index (κ3) is 2.41. The van der Waals surface area contributed by atoms with E-state index in [1.54, 1.807) is 18.3 Å². The third-order valence-electron chi connectivity index (χ3n) is 1.70. The van der Waals surface area contributed by atoms with E-state index in [2.05, 4.69) is 36.2 Å². The average molecular weight is 267 g/mol. The number of carbonyl (C=O) groups is 1. The van der Waals surface area contributed by atoms with E-state index in [1.807, 2.05) is 0 Å². The van der Waals surface area contributed by atoms with E-state index in [1.165, 1.54) is 12.4 Å². The van der Waals surface area contributed by atoms with Gasteiger partial charge in [0.2, 0.25) is 0 Å². The lowest BCUT2D eigenvalue weighted by Crippen LogP contribution is -2.13. The first-order valence-corrected chi connectivity index (χ1v) is 4.97. The first-order valence-electron chi connectivity index (χ1n) is 4.18. The summed E-state index contributed by atoms with van der Waals surface area (Å²) in [6.07, 6.45) is 4.68. The maximum atomic E-state index is 11.5. The molecule has 5 nitrogen and oxygen atoms in total. The van der Waals surface area contributed by atoms with Crippen molar-refractivity contribution in [1.82, 2.24) is 15.0 Å². The van der Waals surface area contributed by atoms with Crippen molar-refractivity contribution in [2.75, 3.05) is 5.32 Å². The smallest absolute Gasteiger partial charge is 0.273 e. The highest BCUT2D eigenvalue weighted by Crippen LogP contribution is 2.07. The Morgan fingerprint density at radius 3 is 2.87 bits per heavy atom. The van der Waals surface area contributed by atoms with Crippen LogP contribution in [0.3, 0.4) is 0 Å². The lowest BCUT2D eigenvalue weighted by molar-refractivity contribution is 0.102. The van der Waals surface area contributed by atoms with Gasteiger partial charge in [0.05, 0.1) is 12.4 Å². The number of aromatic amines is 1. The Kier molecular flexibility index (Phi) is 2.77. The fraction of sp³-hybridized carbons (Fsp3) is 0. The lowest BCUT2D eigenvalue weighted by atomic mass is 10.4. The summed E-state index contributed by atoms with van der Waals surface area (Å²) >= 11 is 3.16. The number of nitrogens with zero attached hydrogens (tertiary/aromatic N) is 2. The number of rotatable bonds is 2. The van der Waals surface area contributed by atoms with E-state index in [-0.39, 0.29) is 5.91 Å². The summed E-state index contributed by atoms with van der Waals surface area (Å²) in [4.78, 5) is 22.3. The Labute approximate surface area is 94.1 Å². The van der Waals surface area contributed by atoms with Crippen LogP contribution in [0.15, 0.2) is 35.3 Å². The zero-order chi connectivity index (χ0) is 10.7. The zero-order valence-electron chi connectivity index (χ0n) is 7.57. The molecular weight excluding hydrogens is 260 g/mol. The van der Waals surface area contributed by atoms with Crippen LogP contribution >= 0.6 is 15.9 Å². The molecule has 2 N–H and O–H groups in total. The first kappa shape index (κ1) is 9.85. The normalized spacial score (nSPS) is 9.93. The number of aromatic nitrogens is 3. The second kappa shape index (κ2) is 4.22. The molecule has 0 saturated carbocycles. The highest BCUT2D eigenvalue weighted by Gasteiger charge is 2.06. The van der Waals surface area contributed by atoms with Gasteiger partial charge in [-0.3, -0.25) is 4.79 Å². The van der Waals surface area contributed by atoms with Crippen LogP contribution in [0.25, 0.3) is 0 Å². The van der Waals surface area contributed by atoms with Gasteiger partial charge in [0, 0.05) is 6.20 Å². The van der Waals surface area contributed by atoms with Crippen LogP contribution in [0.2, 0.25) is 0 Å². The molecule has 0 bridgehead atoms. The molecule has 76 valence electrons. The summed E-state index contributed by atoms with van der Waals surface area (Å²) in [5.74, 6) is 0.175.